The van der Waals surface area contributed by atoms with Crippen LogP contribution in [-0.2, 0) is 16.0 Å². The first-order valence-corrected chi connectivity index (χ1v) is 6.83. The molecule has 0 radical (unpaired) electrons. The van der Waals surface area contributed by atoms with Gasteiger partial charge < -0.3 is 5.73 Å². The predicted octanol–water partition coefficient (Wildman–Crippen LogP) is 0.938. The summed E-state index contributed by atoms with van der Waals surface area (Å²) >= 11 is 0. The van der Waals surface area contributed by atoms with Crippen LogP contribution >= 0.6 is 0 Å². The highest BCUT2D eigenvalue weighted by Gasteiger charge is 2.40. The van der Waals surface area contributed by atoms with Crippen molar-refractivity contribution in [3.8, 4) is 0 Å². The van der Waals surface area contributed by atoms with E-state index in [2.05, 4.69) is 5.32 Å². The van der Waals surface area contributed by atoms with Gasteiger partial charge in [-0.1, -0.05) is 12.1 Å². The van der Waals surface area contributed by atoms with Crippen molar-refractivity contribution in [1.82, 2.24) is 10.2 Å². The molecular weight excluding hydrogens is 254 g/mol. The largest absolute Gasteiger partial charge is 0.399 e. The molecule has 0 atom stereocenters. The molecule has 5 nitrogen and oxygen atoms in total. The average molecular weight is 275 g/mol. The fourth-order valence-corrected chi connectivity index (χ4v) is 2.41. The lowest BCUT2D eigenvalue weighted by atomic mass is 9.98. The molecule has 0 aliphatic carbocycles. The predicted molar refractivity (Wildman–Crippen MR) is 78.0 cm³/mol. The van der Waals surface area contributed by atoms with E-state index in [0.717, 1.165) is 18.5 Å². The lowest BCUT2D eigenvalue weighted by molar-refractivity contribution is -0.145. The van der Waals surface area contributed by atoms with Gasteiger partial charge in [-0.05, 0) is 44.4 Å². The van der Waals surface area contributed by atoms with Crippen LogP contribution < -0.4 is 11.1 Å². The first-order valence-electron chi connectivity index (χ1n) is 6.83. The summed E-state index contributed by atoms with van der Waals surface area (Å²) in [5.74, 6) is -0.448. The molecule has 1 saturated heterocycles. The molecular formula is C15H21N3O2. The van der Waals surface area contributed by atoms with Crippen molar-refractivity contribution < 1.29 is 9.59 Å². The van der Waals surface area contributed by atoms with Crippen molar-refractivity contribution in [2.24, 2.45) is 0 Å². The molecule has 20 heavy (non-hydrogen) atoms. The van der Waals surface area contributed by atoms with Gasteiger partial charge in [0.15, 0.2) is 0 Å². The van der Waals surface area contributed by atoms with E-state index in [9.17, 15) is 9.59 Å². The smallest absolute Gasteiger partial charge is 0.246 e. The van der Waals surface area contributed by atoms with E-state index in [-0.39, 0.29) is 18.4 Å². The van der Waals surface area contributed by atoms with Gasteiger partial charge >= 0.3 is 0 Å². The molecule has 5 heteroatoms. The monoisotopic (exact) mass is 275 g/mol. The number of carbonyl (C=O) groups is 2. The van der Waals surface area contributed by atoms with Crippen molar-refractivity contribution in [3.63, 3.8) is 0 Å². The van der Waals surface area contributed by atoms with Crippen molar-refractivity contribution in [2.45, 2.75) is 32.2 Å². The van der Waals surface area contributed by atoms with Crippen LogP contribution in [0.25, 0.3) is 0 Å². The van der Waals surface area contributed by atoms with Crippen LogP contribution in [0.1, 0.15) is 25.8 Å². The molecule has 1 aliphatic heterocycles. The van der Waals surface area contributed by atoms with Gasteiger partial charge in [0.05, 0.1) is 12.1 Å². The van der Waals surface area contributed by atoms with Crippen LogP contribution in [0, 0.1) is 0 Å². The number of hydrogen-bond acceptors (Lipinski definition) is 4. The summed E-state index contributed by atoms with van der Waals surface area (Å²) in [5, 5.41) is 2.38. The summed E-state index contributed by atoms with van der Waals surface area (Å²) in [6, 6.07) is 7.79. The highest BCUT2D eigenvalue weighted by molar-refractivity contribution is 6.02. The van der Waals surface area contributed by atoms with Gasteiger partial charge in [-0.2, -0.15) is 0 Å². The maximum absolute atomic E-state index is 11.8. The topological polar surface area (TPSA) is 75.4 Å². The van der Waals surface area contributed by atoms with Gasteiger partial charge in [-0.3, -0.25) is 19.8 Å². The molecule has 3 N–H and O–H groups in total. The highest BCUT2D eigenvalue weighted by atomic mass is 16.2. The van der Waals surface area contributed by atoms with E-state index in [1.54, 1.807) is 0 Å². The number of nitrogens with two attached hydrogens (primary N) is 1. The Bertz CT molecular complexity index is 526. The molecule has 2 amide bonds. The fourth-order valence-electron chi connectivity index (χ4n) is 2.41. The van der Waals surface area contributed by atoms with Crippen LogP contribution in [0.15, 0.2) is 24.3 Å². The average Bonchev–Trinajstić information content (AvgIpc) is 2.36. The molecule has 2 rings (SSSR count). The maximum atomic E-state index is 11.8. The molecule has 1 aliphatic rings. The molecule has 0 unspecified atom stereocenters. The molecule has 108 valence electrons. The van der Waals surface area contributed by atoms with Crippen LogP contribution in [0.2, 0.25) is 0 Å². The Hall–Kier alpha value is -1.88. The standard InChI is InChI=1S/C15H21N3O2/c1-15(2)14(20)17-13(19)10-18(15)8-4-6-11-5-3-7-12(16)9-11/h3,5,7,9H,4,6,8,10,16H2,1-2H3,(H,17,19,20). The van der Waals surface area contributed by atoms with E-state index in [1.807, 2.05) is 43.0 Å². The summed E-state index contributed by atoms with van der Waals surface area (Å²) in [7, 11) is 0. The number of rotatable bonds is 4. The third-order valence-electron chi connectivity index (χ3n) is 3.78. The van der Waals surface area contributed by atoms with Crippen molar-refractivity contribution >= 4 is 17.5 Å². The Morgan fingerprint density at radius 2 is 2.10 bits per heavy atom. The highest BCUT2D eigenvalue weighted by Crippen LogP contribution is 2.19. The lowest BCUT2D eigenvalue weighted by Gasteiger charge is -2.40. The fraction of sp³-hybridized carbons (Fsp3) is 0.467. The second-order valence-corrected chi connectivity index (χ2v) is 5.71. The van der Waals surface area contributed by atoms with Gasteiger partial charge in [0.2, 0.25) is 11.8 Å². The van der Waals surface area contributed by atoms with E-state index < -0.39 is 5.54 Å². The van der Waals surface area contributed by atoms with E-state index in [1.165, 1.54) is 5.56 Å². The van der Waals surface area contributed by atoms with Crippen LogP contribution in [0.3, 0.4) is 0 Å². The number of benzene rings is 1. The zero-order valence-corrected chi connectivity index (χ0v) is 12.0. The molecule has 0 spiro atoms. The molecule has 1 heterocycles. The van der Waals surface area contributed by atoms with Crippen LogP contribution in [0.4, 0.5) is 5.69 Å². The number of aryl methyl sites for hydroxylation is 1. The third kappa shape index (κ3) is 3.17. The molecule has 0 saturated carbocycles. The summed E-state index contributed by atoms with van der Waals surface area (Å²) in [6.07, 6.45) is 1.76. The molecule has 1 aromatic rings. The van der Waals surface area contributed by atoms with E-state index in [4.69, 9.17) is 5.73 Å². The number of imide groups is 1. The number of amides is 2. The number of anilines is 1. The summed E-state index contributed by atoms with van der Waals surface area (Å²) < 4.78 is 0. The number of carbonyl (C=O) groups excluding carboxylic acids is 2. The first-order chi connectivity index (χ1) is 9.39. The van der Waals surface area contributed by atoms with Crippen molar-refractivity contribution in [1.29, 1.82) is 0 Å². The second kappa shape index (κ2) is 5.63. The summed E-state index contributed by atoms with van der Waals surface area (Å²) in [5.41, 5.74) is 7.05. The zero-order valence-electron chi connectivity index (χ0n) is 12.0. The Morgan fingerprint density at radius 3 is 2.80 bits per heavy atom. The zero-order chi connectivity index (χ0) is 14.8. The number of piperazine rings is 1. The van der Waals surface area contributed by atoms with Crippen molar-refractivity contribution in [2.75, 3.05) is 18.8 Å². The minimum Gasteiger partial charge on any atom is -0.399 e. The Labute approximate surface area is 119 Å². The number of nitrogens with zero attached hydrogens (tertiary/aromatic N) is 1. The molecule has 1 fully saturated rings. The third-order valence-corrected chi connectivity index (χ3v) is 3.78. The van der Waals surface area contributed by atoms with Gasteiger partial charge in [0.25, 0.3) is 0 Å². The van der Waals surface area contributed by atoms with Crippen molar-refractivity contribution in [3.05, 3.63) is 29.8 Å². The van der Waals surface area contributed by atoms with E-state index >= 15 is 0 Å². The Balaban J connectivity index is 1.92. The molecule has 0 bridgehead atoms. The quantitative estimate of drug-likeness (QED) is 0.633. The number of hydrogen-bond donors (Lipinski definition) is 2. The number of nitrogen functional groups attached to an aromatic ring is 1. The van der Waals surface area contributed by atoms with Crippen LogP contribution in [0.5, 0.6) is 0 Å². The molecule has 1 aromatic carbocycles. The first kappa shape index (κ1) is 14.5. The Kier molecular flexibility index (Phi) is 4.09. The van der Waals surface area contributed by atoms with Crippen LogP contribution in [-0.4, -0.2) is 35.3 Å². The van der Waals surface area contributed by atoms with Gasteiger partial charge in [0, 0.05) is 12.2 Å². The van der Waals surface area contributed by atoms with Gasteiger partial charge in [-0.15, -0.1) is 0 Å². The SMILES string of the molecule is CC1(C)C(=O)NC(=O)CN1CCCc1cccc(N)c1. The Morgan fingerprint density at radius 1 is 1.35 bits per heavy atom. The maximum Gasteiger partial charge on any atom is 0.246 e. The molecule has 0 aromatic heterocycles. The summed E-state index contributed by atoms with van der Waals surface area (Å²) in [4.78, 5) is 25.2. The minimum absolute atomic E-state index is 0.224. The normalized spacial score (nSPS) is 18.9. The lowest BCUT2D eigenvalue weighted by Crippen LogP contribution is -2.64. The second-order valence-electron chi connectivity index (χ2n) is 5.71. The minimum atomic E-state index is -0.635. The van der Waals surface area contributed by atoms with Gasteiger partial charge in [-0.25, -0.2) is 0 Å². The van der Waals surface area contributed by atoms with E-state index in [0.29, 0.717) is 6.54 Å². The van der Waals surface area contributed by atoms with Gasteiger partial charge in [0.1, 0.15) is 0 Å². The summed E-state index contributed by atoms with van der Waals surface area (Å²) in [6.45, 7) is 4.67. The number of nitrogens with one attached hydrogen (secondary N) is 1.